The highest BCUT2D eigenvalue weighted by Gasteiger charge is 2.10. The summed E-state index contributed by atoms with van der Waals surface area (Å²) in [4.78, 5) is 0. The molecule has 0 fully saturated rings. The van der Waals surface area contributed by atoms with Gasteiger partial charge < -0.3 is 0 Å². The summed E-state index contributed by atoms with van der Waals surface area (Å²) in [7, 11) is -3.21. The van der Waals surface area contributed by atoms with E-state index in [1.807, 2.05) is 6.92 Å². The fourth-order valence-corrected chi connectivity index (χ4v) is 2.17. The number of hydrogen-bond acceptors (Lipinski definition) is 5. The minimum Gasteiger partial charge on any atom is -0.257 e. The maximum absolute atomic E-state index is 11.1. The molecule has 0 spiro atoms. The number of sulfonamides is 1. The third kappa shape index (κ3) is 2.92. The topological polar surface area (TPSA) is 72.0 Å². The second-order valence-electron chi connectivity index (χ2n) is 2.36. The maximum Gasteiger partial charge on any atom is 0.234 e. The van der Waals surface area contributed by atoms with Crippen LogP contribution < -0.4 is 4.72 Å². The lowest BCUT2D eigenvalue weighted by molar-refractivity contribution is 0.602. The van der Waals surface area contributed by atoms with Crippen LogP contribution in [0.25, 0.3) is 0 Å². The van der Waals surface area contributed by atoms with Crippen LogP contribution in [0, 0.1) is 0 Å². The summed E-state index contributed by atoms with van der Waals surface area (Å²) in [6.45, 7) is 3.52. The predicted octanol–water partition coefficient (Wildman–Crippen LogP) is 0.862. The van der Waals surface area contributed by atoms with Gasteiger partial charge in [-0.1, -0.05) is 18.3 Å². The van der Waals surface area contributed by atoms with Gasteiger partial charge in [-0.2, -0.15) is 0 Å². The zero-order valence-corrected chi connectivity index (χ0v) is 9.07. The van der Waals surface area contributed by atoms with Crippen LogP contribution >= 0.6 is 11.3 Å². The van der Waals surface area contributed by atoms with Crippen LogP contribution in [0.2, 0.25) is 0 Å². The number of anilines is 1. The molecule has 1 aromatic heterocycles. The van der Waals surface area contributed by atoms with E-state index in [1.54, 1.807) is 6.92 Å². The molecular weight excluding hydrogens is 210 g/mol. The first-order valence-corrected chi connectivity index (χ1v) is 6.37. The van der Waals surface area contributed by atoms with E-state index in [9.17, 15) is 8.42 Å². The first-order valence-electron chi connectivity index (χ1n) is 3.90. The summed E-state index contributed by atoms with van der Waals surface area (Å²) >= 11 is 1.26. The number of aromatic nitrogens is 2. The minimum absolute atomic E-state index is 0.0496. The molecule has 0 radical (unpaired) electrons. The molecular formula is C6H11N3O2S2. The van der Waals surface area contributed by atoms with Crippen LogP contribution in [0.5, 0.6) is 0 Å². The molecule has 13 heavy (non-hydrogen) atoms. The van der Waals surface area contributed by atoms with Crippen molar-refractivity contribution in [3.05, 3.63) is 5.01 Å². The zero-order chi connectivity index (χ0) is 9.90. The van der Waals surface area contributed by atoms with Crippen molar-refractivity contribution in [2.24, 2.45) is 0 Å². The number of nitrogens with zero attached hydrogens (tertiary/aromatic N) is 2. The largest absolute Gasteiger partial charge is 0.257 e. The Bertz CT molecular complexity index is 371. The fourth-order valence-electron chi connectivity index (χ4n) is 0.643. The van der Waals surface area contributed by atoms with Crippen molar-refractivity contribution in [1.82, 2.24) is 10.2 Å². The van der Waals surface area contributed by atoms with Gasteiger partial charge in [-0.15, -0.1) is 10.2 Å². The van der Waals surface area contributed by atoms with Gasteiger partial charge in [-0.3, -0.25) is 4.72 Å². The normalized spacial score (nSPS) is 11.5. The van der Waals surface area contributed by atoms with Crippen molar-refractivity contribution in [3.8, 4) is 0 Å². The van der Waals surface area contributed by atoms with Crippen LogP contribution in [-0.4, -0.2) is 24.4 Å². The molecule has 1 aromatic rings. The summed E-state index contributed by atoms with van der Waals surface area (Å²) < 4.78 is 24.5. The molecule has 0 atom stereocenters. The Morgan fingerprint density at radius 3 is 2.54 bits per heavy atom. The lowest BCUT2D eigenvalue weighted by Crippen LogP contribution is -2.14. The number of rotatable bonds is 4. The van der Waals surface area contributed by atoms with Crippen molar-refractivity contribution in [2.45, 2.75) is 20.3 Å². The van der Waals surface area contributed by atoms with Gasteiger partial charge in [-0.25, -0.2) is 8.42 Å². The monoisotopic (exact) mass is 221 g/mol. The highest BCUT2D eigenvalue weighted by atomic mass is 32.2. The Hall–Kier alpha value is -0.690. The lowest BCUT2D eigenvalue weighted by atomic mass is 10.5. The van der Waals surface area contributed by atoms with E-state index in [0.29, 0.717) is 5.13 Å². The van der Waals surface area contributed by atoms with E-state index in [0.717, 1.165) is 11.4 Å². The summed E-state index contributed by atoms with van der Waals surface area (Å²) in [6.07, 6.45) is 0.769. The smallest absolute Gasteiger partial charge is 0.234 e. The molecule has 74 valence electrons. The molecule has 0 bridgehead atoms. The molecule has 1 N–H and O–H groups in total. The molecule has 0 saturated heterocycles. The molecule has 0 amide bonds. The van der Waals surface area contributed by atoms with E-state index in [2.05, 4.69) is 14.9 Å². The molecule has 7 heteroatoms. The van der Waals surface area contributed by atoms with Gasteiger partial charge in [0.15, 0.2) is 0 Å². The fraction of sp³-hybridized carbons (Fsp3) is 0.667. The van der Waals surface area contributed by atoms with Crippen molar-refractivity contribution < 1.29 is 8.42 Å². The van der Waals surface area contributed by atoms with Crippen LogP contribution in [0.1, 0.15) is 18.9 Å². The van der Waals surface area contributed by atoms with Crippen LogP contribution in [0.15, 0.2) is 0 Å². The van der Waals surface area contributed by atoms with E-state index >= 15 is 0 Å². The molecule has 1 rings (SSSR count). The molecule has 1 heterocycles. The van der Waals surface area contributed by atoms with Crippen molar-refractivity contribution >= 4 is 26.5 Å². The van der Waals surface area contributed by atoms with E-state index in [-0.39, 0.29) is 5.75 Å². The number of aryl methyl sites for hydroxylation is 1. The first-order chi connectivity index (χ1) is 6.07. The number of hydrogen-bond donors (Lipinski definition) is 1. The summed E-state index contributed by atoms with van der Waals surface area (Å²) in [6, 6.07) is 0. The van der Waals surface area contributed by atoms with Crippen LogP contribution in [0.3, 0.4) is 0 Å². The standard InChI is InChI=1S/C6H11N3O2S2/c1-3-5-7-8-6(12-5)9-13(10,11)4-2/h3-4H2,1-2H3,(H,8,9). The number of nitrogens with one attached hydrogen (secondary N) is 1. The SMILES string of the molecule is CCc1nnc(NS(=O)(=O)CC)s1. The Morgan fingerprint density at radius 1 is 1.38 bits per heavy atom. The van der Waals surface area contributed by atoms with E-state index < -0.39 is 10.0 Å². The maximum atomic E-state index is 11.1. The molecule has 0 saturated carbocycles. The summed E-state index contributed by atoms with van der Waals surface area (Å²) in [5.74, 6) is 0.0496. The minimum atomic E-state index is -3.21. The van der Waals surface area contributed by atoms with Gasteiger partial charge in [0.05, 0.1) is 5.75 Å². The molecule has 0 unspecified atom stereocenters. The Kier molecular flexibility index (Phi) is 3.21. The van der Waals surface area contributed by atoms with Gasteiger partial charge >= 0.3 is 0 Å². The van der Waals surface area contributed by atoms with Gasteiger partial charge in [0.2, 0.25) is 15.2 Å². The molecule has 0 aliphatic heterocycles. The van der Waals surface area contributed by atoms with Crippen LogP contribution in [0.4, 0.5) is 5.13 Å². The average molecular weight is 221 g/mol. The van der Waals surface area contributed by atoms with Crippen molar-refractivity contribution in [2.75, 3.05) is 10.5 Å². The first kappa shape index (κ1) is 10.4. The third-order valence-corrected chi connectivity index (χ3v) is 3.77. The molecule has 5 nitrogen and oxygen atoms in total. The van der Waals surface area contributed by atoms with Gasteiger partial charge in [0.25, 0.3) is 0 Å². The highest BCUT2D eigenvalue weighted by molar-refractivity contribution is 7.92. The van der Waals surface area contributed by atoms with Gasteiger partial charge in [0, 0.05) is 0 Å². The van der Waals surface area contributed by atoms with Gasteiger partial charge in [0.1, 0.15) is 5.01 Å². The van der Waals surface area contributed by atoms with Gasteiger partial charge in [-0.05, 0) is 13.3 Å². The Balaban J connectivity index is 2.75. The van der Waals surface area contributed by atoms with E-state index in [1.165, 1.54) is 11.3 Å². The lowest BCUT2D eigenvalue weighted by Gasteiger charge is -1.98. The second kappa shape index (κ2) is 4.01. The Labute approximate surface area is 81.2 Å². The highest BCUT2D eigenvalue weighted by Crippen LogP contribution is 2.16. The third-order valence-electron chi connectivity index (χ3n) is 1.39. The van der Waals surface area contributed by atoms with Crippen molar-refractivity contribution in [3.63, 3.8) is 0 Å². The Morgan fingerprint density at radius 2 is 2.08 bits per heavy atom. The average Bonchev–Trinajstić information content (AvgIpc) is 2.52. The summed E-state index contributed by atoms with van der Waals surface area (Å²) in [5, 5.41) is 8.67. The second-order valence-corrected chi connectivity index (χ2v) is 5.43. The molecule has 0 aliphatic rings. The van der Waals surface area contributed by atoms with Crippen molar-refractivity contribution in [1.29, 1.82) is 0 Å². The molecule has 0 aliphatic carbocycles. The zero-order valence-electron chi connectivity index (χ0n) is 7.44. The van der Waals surface area contributed by atoms with E-state index in [4.69, 9.17) is 0 Å². The predicted molar refractivity (Wildman–Crippen MR) is 52.4 cm³/mol. The quantitative estimate of drug-likeness (QED) is 0.818. The molecule has 0 aromatic carbocycles. The van der Waals surface area contributed by atoms with Crippen LogP contribution in [-0.2, 0) is 16.4 Å². The summed E-state index contributed by atoms with van der Waals surface area (Å²) in [5.41, 5.74) is 0.